The van der Waals surface area contributed by atoms with Crippen molar-refractivity contribution in [1.29, 1.82) is 0 Å². The van der Waals surface area contributed by atoms with E-state index in [1.165, 1.54) is 5.56 Å². The van der Waals surface area contributed by atoms with Crippen LogP contribution in [0.15, 0.2) is 30.3 Å². The molecule has 1 aliphatic heterocycles. The van der Waals surface area contributed by atoms with Gasteiger partial charge >= 0.3 is 0 Å². The SMILES string of the molecule is NC(=O)CN1CCN(CC(O)CCCc2ccccc2)CC1. The topological polar surface area (TPSA) is 69.8 Å². The Morgan fingerprint density at radius 3 is 2.41 bits per heavy atom. The Bertz CT molecular complexity index is 444. The monoisotopic (exact) mass is 305 g/mol. The van der Waals surface area contributed by atoms with Gasteiger partial charge in [-0.15, -0.1) is 0 Å². The molecule has 1 heterocycles. The quantitative estimate of drug-likeness (QED) is 0.733. The Morgan fingerprint density at radius 2 is 1.77 bits per heavy atom. The number of hydrogen-bond acceptors (Lipinski definition) is 4. The third kappa shape index (κ3) is 6.13. The van der Waals surface area contributed by atoms with Gasteiger partial charge in [-0.1, -0.05) is 30.3 Å². The first-order valence-electron chi connectivity index (χ1n) is 8.08. The molecule has 1 aliphatic rings. The number of aryl methyl sites for hydroxylation is 1. The molecule has 0 radical (unpaired) electrons. The first kappa shape index (κ1) is 16.9. The summed E-state index contributed by atoms with van der Waals surface area (Å²) in [5.74, 6) is -0.269. The minimum Gasteiger partial charge on any atom is -0.392 e. The molecule has 2 rings (SSSR count). The highest BCUT2D eigenvalue weighted by Crippen LogP contribution is 2.09. The van der Waals surface area contributed by atoms with Gasteiger partial charge in [-0.05, 0) is 24.8 Å². The molecule has 3 N–H and O–H groups in total. The van der Waals surface area contributed by atoms with Gasteiger partial charge < -0.3 is 10.8 Å². The lowest BCUT2D eigenvalue weighted by Crippen LogP contribution is -2.50. The van der Waals surface area contributed by atoms with Crippen molar-refractivity contribution < 1.29 is 9.90 Å². The zero-order valence-electron chi connectivity index (χ0n) is 13.2. The van der Waals surface area contributed by atoms with Crippen LogP contribution in [0.25, 0.3) is 0 Å². The van der Waals surface area contributed by atoms with Crippen molar-refractivity contribution in [2.24, 2.45) is 5.73 Å². The van der Waals surface area contributed by atoms with Crippen LogP contribution >= 0.6 is 0 Å². The van der Waals surface area contributed by atoms with Crippen molar-refractivity contribution in [2.75, 3.05) is 39.3 Å². The number of nitrogens with two attached hydrogens (primary N) is 1. The van der Waals surface area contributed by atoms with Crippen molar-refractivity contribution in [3.05, 3.63) is 35.9 Å². The number of piperazine rings is 1. The molecule has 122 valence electrons. The van der Waals surface area contributed by atoms with E-state index in [1.807, 2.05) is 6.07 Å². The van der Waals surface area contributed by atoms with E-state index in [9.17, 15) is 9.90 Å². The summed E-state index contributed by atoms with van der Waals surface area (Å²) in [7, 11) is 0. The van der Waals surface area contributed by atoms with E-state index < -0.39 is 0 Å². The summed E-state index contributed by atoms with van der Waals surface area (Å²) in [5.41, 5.74) is 6.54. The Morgan fingerprint density at radius 1 is 1.14 bits per heavy atom. The first-order chi connectivity index (χ1) is 10.6. The Hall–Kier alpha value is -1.43. The Labute approximate surface area is 132 Å². The highest BCUT2D eigenvalue weighted by molar-refractivity contribution is 5.75. The molecule has 1 amide bonds. The van der Waals surface area contributed by atoms with Crippen LogP contribution in [0.5, 0.6) is 0 Å². The normalized spacial score (nSPS) is 18.2. The van der Waals surface area contributed by atoms with E-state index in [2.05, 4.69) is 34.1 Å². The van der Waals surface area contributed by atoms with Crippen LogP contribution in [0.3, 0.4) is 0 Å². The molecular weight excluding hydrogens is 278 g/mol. The molecule has 1 atom stereocenters. The van der Waals surface area contributed by atoms with Gasteiger partial charge in [0.05, 0.1) is 12.6 Å². The maximum Gasteiger partial charge on any atom is 0.231 e. The van der Waals surface area contributed by atoms with Crippen molar-refractivity contribution >= 4 is 5.91 Å². The minimum absolute atomic E-state index is 0.269. The lowest BCUT2D eigenvalue weighted by molar-refractivity contribution is -0.119. The number of carbonyl (C=O) groups is 1. The molecule has 1 aromatic rings. The molecule has 0 spiro atoms. The van der Waals surface area contributed by atoms with Crippen LogP contribution in [-0.4, -0.2) is 66.2 Å². The fourth-order valence-corrected chi connectivity index (χ4v) is 2.93. The Kier molecular flexibility index (Phi) is 6.83. The summed E-state index contributed by atoms with van der Waals surface area (Å²) < 4.78 is 0. The molecule has 5 heteroatoms. The van der Waals surface area contributed by atoms with Gasteiger partial charge in [-0.2, -0.15) is 0 Å². The molecule has 5 nitrogen and oxygen atoms in total. The summed E-state index contributed by atoms with van der Waals surface area (Å²) in [4.78, 5) is 15.2. The van der Waals surface area contributed by atoms with Gasteiger partial charge in [-0.25, -0.2) is 0 Å². The van der Waals surface area contributed by atoms with E-state index in [0.717, 1.165) is 52.0 Å². The second-order valence-electron chi connectivity index (χ2n) is 6.07. The lowest BCUT2D eigenvalue weighted by Gasteiger charge is -2.35. The summed E-state index contributed by atoms with van der Waals surface area (Å²) in [6.07, 6.45) is 2.58. The van der Waals surface area contributed by atoms with E-state index in [-0.39, 0.29) is 12.0 Å². The van der Waals surface area contributed by atoms with Crippen molar-refractivity contribution in [2.45, 2.75) is 25.4 Å². The van der Waals surface area contributed by atoms with Gasteiger partial charge in [0.1, 0.15) is 0 Å². The van der Waals surface area contributed by atoms with Crippen LogP contribution in [0.1, 0.15) is 18.4 Å². The molecule has 1 unspecified atom stereocenters. The van der Waals surface area contributed by atoms with Gasteiger partial charge in [0.15, 0.2) is 0 Å². The van der Waals surface area contributed by atoms with E-state index in [1.54, 1.807) is 0 Å². The van der Waals surface area contributed by atoms with Gasteiger partial charge in [-0.3, -0.25) is 14.6 Å². The average Bonchev–Trinajstić information content (AvgIpc) is 2.50. The smallest absolute Gasteiger partial charge is 0.231 e. The molecule has 0 bridgehead atoms. The van der Waals surface area contributed by atoms with Crippen LogP contribution in [0, 0.1) is 0 Å². The number of β-amino-alcohol motifs (C(OH)–C–C–N with tert-alkyl or cyclic N) is 1. The van der Waals surface area contributed by atoms with Gasteiger partial charge in [0.2, 0.25) is 5.91 Å². The largest absolute Gasteiger partial charge is 0.392 e. The average molecular weight is 305 g/mol. The molecule has 1 saturated heterocycles. The molecular formula is C17H27N3O2. The van der Waals surface area contributed by atoms with E-state index in [4.69, 9.17) is 5.73 Å². The van der Waals surface area contributed by atoms with E-state index in [0.29, 0.717) is 6.54 Å². The second kappa shape index (κ2) is 8.88. The number of aliphatic hydroxyl groups is 1. The Balaban J connectivity index is 1.59. The number of nitrogens with zero attached hydrogens (tertiary/aromatic N) is 2. The standard InChI is InChI=1S/C17H27N3O2/c18-17(22)14-20-11-9-19(10-12-20)13-16(21)8-4-7-15-5-2-1-3-6-15/h1-3,5-6,16,21H,4,7-14H2,(H2,18,22). The minimum atomic E-state index is -0.272. The first-order valence-corrected chi connectivity index (χ1v) is 8.08. The maximum atomic E-state index is 10.9. The second-order valence-corrected chi connectivity index (χ2v) is 6.07. The van der Waals surface area contributed by atoms with Crippen molar-refractivity contribution in [3.8, 4) is 0 Å². The highest BCUT2D eigenvalue weighted by atomic mass is 16.3. The van der Waals surface area contributed by atoms with Gasteiger partial charge in [0.25, 0.3) is 0 Å². The predicted molar refractivity (Wildman–Crippen MR) is 87.5 cm³/mol. The molecule has 0 aliphatic carbocycles. The number of hydrogen-bond donors (Lipinski definition) is 2. The maximum absolute atomic E-state index is 10.9. The fourth-order valence-electron chi connectivity index (χ4n) is 2.93. The zero-order chi connectivity index (χ0) is 15.8. The number of primary amides is 1. The number of aliphatic hydroxyl groups excluding tert-OH is 1. The molecule has 1 aromatic carbocycles. The lowest BCUT2D eigenvalue weighted by atomic mass is 10.1. The van der Waals surface area contributed by atoms with Crippen LogP contribution in [0.2, 0.25) is 0 Å². The summed E-state index contributed by atoms with van der Waals surface area (Å²) >= 11 is 0. The molecule has 0 saturated carbocycles. The molecule has 0 aromatic heterocycles. The van der Waals surface area contributed by atoms with Crippen LogP contribution in [0.4, 0.5) is 0 Å². The molecule has 1 fully saturated rings. The van der Waals surface area contributed by atoms with E-state index >= 15 is 0 Å². The number of rotatable bonds is 8. The van der Waals surface area contributed by atoms with Crippen LogP contribution < -0.4 is 5.73 Å². The third-order valence-electron chi connectivity index (χ3n) is 4.16. The summed E-state index contributed by atoms with van der Waals surface area (Å²) in [6.45, 7) is 4.54. The number of amides is 1. The van der Waals surface area contributed by atoms with Crippen molar-refractivity contribution in [3.63, 3.8) is 0 Å². The van der Waals surface area contributed by atoms with Crippen molar-refractivity contribution in [1.82, 2.24) is 9.80 Å². The predicted octanol–water partition coefficient (Wildman–Crippen LogP) is 0.473. The summed E-state index contributed by atoms with van der Waals surface area (Å²) in [5, 5.41) is 10.2. The van der Waals surface area contributed by atoms with Gasteiger partial charge in [0, 0.05) is 32.7 Å². The fraction of sp³-hybridized carbons (Fsp3) is 0.588. The third-order valence-corrected chi connectivity index (χ3v) is 4.16. The zero-order valence-corrected chi connectivity index (χ0v) is 13.2. The summed E-state index contributed by atoms with van der Waals surface area (Å²) in [6, 6.07) is 10.4. The number of carbonyl (C=O) groups excluding carboxylic acids is 1. The molecule has 22 heavy (non-hydrogen) atoms. The van der Waals surface area contributed by atoms with Crippen LogP contribution in [-0.2, 0) is 11.2 Å². The number of benzene rings is 1. The highest BCUT2D eigenvalue weighted by Gasteiger charge is 2.19.